The maximum Gasteiger partial charge on any atom is 0.308 e. The molecular formula is C10H17NO4. The van der Waals surface area contributed by atoms with Crippen LogP contribution in [-0.2, 0) is 9.59 Å². The third-order valence-electron chi connectivity index (χ3n) is 2.72. The summed E-state index contributed by atoms with van der Waals surface area (Å²) in [4.78, 5) is 23.7. The van der Waals surface area contributed by atoms with Crippen molar-refractivity contribution < 1.29 is 19.8 Å². The van der Waals surface area contributed by atoms with Crippen LogP contribution in [0.4, 0.5) is 0 Å². The zero-order valence-corrected chi connectivity index (χ0v) is 8.85. The van der Waals surface area contributed by atoms with Gasteiger partial charge in [-0.2, -0.15) is 0 Å². The summed E-state index contributed by atoms with van der Waals surface area (Å²) < 4.78 is 0. The van der Waals surface area contributed by atoms with Gasteiger partial charge in [0.1, 0.15) is 0 Å². The number of likely N-dealkylation sites (tertiary alicyclic amines) is 1. The largest absolute Gasteiger partial charge is 0.481 e. The van der Waals surface area contributed by atoms with Gasteiger partial charge in [-0.25, -0.2) is 0 Å². The third kappa shape index (κ3) is 3.20. The zero-order chi connectivity index (χ0) is 11.4. The number of carboxylic acid groups (broad SMARTS) is 1. The number of aliphatic hydroxyl groups excluding tert-OH is 1. The van der Waals surface area contributed by atoms with E-state index in [2.05, 4.69) is 0 Å². The van der Waals surface area contributed by atoms with Crippen LogP contribution in [0.25, 0.3) is 0 Å². The standard InChI is InChI=1S/C10H17NO4/c1-7(2-3-12)5-11-6-8(10(14)15)4-9(11)13/h7-8,12H,2-6H2,1H3,(H,14,15). The van der Waals surface area contributed by atoms with Crippen molar-refractivity contribution >= 4 is 11.9 Å². The average Bonchev–Trinajstić information content (AvgIpc) is 2.48. The van der Waals surface area contributed by atoms with E-state index in [0.29, 0.717) is 19.5 Å². The van der Waals surface area contributed by atoms with Gasteiger partial charge < -0.3 is 15.1 Å². The molecule has 0 aromatic carbocycles. The Bertz CT molecular complexity index is 254. The van der Waals surface area contributed by atoms with Crippen molar-refractivity contribution in [2.24, 2.45) is 11.8 Å². The summed E-state index contributed by atoms with van der Waals surface area (Å²) in [5.74, 6) is -1.34. The summed E-state index contributed by atoms with van der Waals surface area (Å²) in [5.41, 5.74) is 0. The Morgan fingerprint density at radius 3 is 2.80 bits per heavy atom. The molecule has 5 heteroatoms. The van der Waals surface area contributed by atoms with E-state index in [0.717, 1.165) is 0 Å². The lowest BCUT2D eigenvalue weighted by Crippen LogP contribution is -2.31. The fourth-order valence-electron chi connectivity index (χ4n) is 1.80. The van der Waals surface area contributed by atoms with Crippen molar-refractivity contribution in [3.8, 4) is 0 Å². The van der Waals surface area contributed by atoms with Gasteiger partial charge in [0, 0.05) is 26.1 Å². The van der Waals surface area contributed by atoms with Crippen LogP contribution in [0, 0.1) is 11.8 Å². The number of carbonyl (C=O) groups is 2. The zero-order valence-electron chi connectivity index (χ0n) is 8.85. The highest BCUT2D eigenvalue weighted by molar-refractivity contribution is 5.86. The molecule has 86 valence electrons. The van der Waals surface area contributed by atoms with E-state index < -0.39 is 11.9 Å². The minimum absolute atomic E-state index is 0.0906. The topological polar surface area (TPSA) is 77.8 Å². The molecule has 1 aliphatic rings. The lowest BCUT2D eigenvalue weighted by molar-refractivity contribution is -0.141. The van der Waals surface area contributed by atoms with E-state index in [-0.39, 0.29) is 24.9 Å². The van der Waals surface area contributed by atoms with Gasteiger partial charge in [-0.15, -0.1) is 0 Å². The predicted molar refractivity (Wildman–Crippen MR) is 53.2 cm³/mol. The van der Waals surface area contributed by atoms with Crippen molar-refractivity contribution in [2.75, 3.05) is 19.7 Å². The van der Waals surface area contributed by atoms with Crippen LogP contribution in [0.15, 0.2) is 0 Å². The van der Waals surface area contributed by atoms with E-state index in [4.69, 9.17) is 10.2 Å². The fourth-order valence-corrected chi connectivity index (χ4v) is 1.80. The van der Waals surface area contributed by atoms with Crippen molar-refractivity contribution in [3.63, 3.8) is 0 Å². The number of carbonyl (C=O) groups excluding carboxylic acids is 1. The monoisotopic (exact) mass is 215 g/mol. The first-order valence-corrected chi connectivity index (χ1v) is 5.16. The Labute approximate surface area is 88.7 Å². The van der Waals surface area contributed by atoms with E-state index in [1.54, 1.807) is 4.90 Å². The normalized spacial score (nSPS) is 23.2. The second-order valence-corrected chi connectivity index (χ2v) is 4.16. The van der Waals surface area contributed by atoms with Crippen LogP contribution in [0.1, 0.15) is 19.8 Å². The Hall–Kier alpha value is -1.10. The highest BCUT2D eigenvalue weighted by Gasteiger charge is 2.34. The Morgan fingerprint density at radius 2 is 2.33 bits per heavy atom. The second kappa shape index (κ2) is 5.11. The van der Waals surface area contributed by atoms with Gasteiger partial charge in [0.25, 0.3) is 0 Å². The number of nitrogens with zero attached hydrogens (tertiary/aromatic N) is 1. The van der Waals surface area contributed by atoms with Gasteiger partial charge in [-0.1, -0.05) is 6.92 Å². The molecule has 0 radical (unpaired) electrons. The lowest BCUT2D eigenvalue weighted by Gasteiger charge is -2.20. The molecule has 0 aromatic rings. The van der Waals surface area contributed by atoms with E-state index in [9.17, 15) is 9.59 Å². The van der Waals surface area contributed by atoms with Crippen molar-refractivity contribution in [1.82, 2.24) is 4.90 Å². The number of aliphatic hydroxyl groups is 1. The quantitative estimate of drug-likeness (QED) is 0.673. The molecule has 2 unspecified atom stereocenters. The van der Waals surface area contributed by atoms with Crippen LogP contribution in [0.5, 0.6) is 0 Å². The summed E-state index contributed by atoms with van der Waals surface area (Å²) >= 11 is 0. The van der Waals surface area contributed by atoms with E-state index >= 15 is 0 Å². The van der Waals surface area contributed by atoms with Crippen molar-refractivity contribution in [3.05, 3.63) is 0 Å². The molecule has 0 aromatic heterocycles. The first kappa shape index (κ1) is 12.0. The lowest BCUT2D eigenvalue weighted by atomic mass is 10.1. The molecule has 0 spiro atoms. The molecule has 1 amide bonds. The molecular weight excluding hydrogens is 198 g/mol. The maximum atomic E-state index is 11.4. The van der Waals surface area contributed by atoms with Gasteiger partial charge in [0.15, 0.2) is 0 Å². The molecule has 1 heterocycles. The summed E-state index contributed by atoms with van der Waals surface area (Å²) in [6.45, 7) is 2.90. The third-order valence-corrected chi connectivity index (χ3v) is 2.72. The van der Waals surface area contributed by atoms with Crippen molar-refractivity contribution in [2.45, 2.75) is 19.8 Å². The smallest absolute Gasteiger partial charge is 0.308 e. The Morgan fingerprint density at radius 1 is 1.67 bits per heavy atom. The van der Waals surface area contributed by atoms with Gasteiger partial charge in [0.2, 0.25) is 5.91 Å². The van der Waals surface area contributed by atoms with E-state index in [1.807, 2.05) is 6.92 Å². The van der Waals surface area contributed by atoms with Crippen LogP contribution < -0.4 is 0 Å². The highest BCUT2D eigenvalue weighted by Crippen LogP contribution is 2.19. The van der Waals surface area contributed by atoms with Gasteiger partial charge in [0.05, 0.1) is 5.92 Å². The molecule has 2 N–H and O–H groups in total. The summed E-state index contributed by atoms with van der Waals surface area (Å²) in [5, 5.41) is 17.5. The molecule has 0 saturated carbocycles. The molecule has 15 heavy (non-hydrogen) atoms. The second-order valence-electron chi connectivity index (χ2n) is 4.16. The summed E-state index contributed by atoms with van der Waals surface area (Å²) in [7, 11) is 0. The Kier molecular flexibility index (Phi) is 4.08. The molecule has 1 saturated heterocycles. The van der Waals surface area contributed by atoms with Crippen molar-refractivity contribution in [1.29, 1.82) is 0 Å². The fraction of sp³-hybridized carbons (Fsp3) is 0.800. The average molecular weight is 215 g/mol. The van der Waals surface area contributed by atoms with Gasteiger partial charge in [-0.05, 0) is 12.3 Å². The van der Waals surface area contributed by atoms with Gasteiger partial charge in [-0.3, -0.25) is 9.59 Å². The first-order valence-electron chi connectivity index (χ1n) is 5.16. The van der Waals surface area contributed by atoms with E-state index in [1.165, 1.54) is 0 Å². The van der Waals surface area contributed by atoms with Crippen LogP contribution in [0.2, 0.25) is 0 Å². The first-order chi connectivity index (χ1) is 7.04. The number of hydrogen-bond acceptors (Lipinski definition) is 3. The molecule has 1 rings (SSSR count). The molecule has 1 fully saturated rings. The van der Waals surface area contributed by atoms with Crippen LogP contribution in [0.3, 0.4) is 0 Å². The Balaban J connectivity index is 2.43. The molecule has 0 bridgehead atoms. The summed E-state index contributed by atoms with van der Waals surface area (Å²) in [6, 6.07) is 0. The number of hydrogen-bond donors (Lipinski definition) is 2. The number of amides is 1. The minimum Gasteiger partial charge on any atom is -0.481 e. The SMILES string of the molecule is CC(CCO)CN1CC(C(=O)O)CC1=O. The predicted octanol–water partition coefficient (Wildman–Crippen LogP) is -0.0620. The molecule has 1 aliphatic heterocycles. The number of aliphatic carboxylic acids is 1. The molecule has 5 nitrogen and oxygen atoms in total. The van der Waals surface area contributed by atoms with Crippen LogP contribution in [-0.4, -0.2) is 46.7 Å². The summed E-state index contributed by atoms with van der Waals surface area (Å²) in [6.07, 6.45) is 0.753. The molecule has 2 atom stereocenters. The van der Waals surface area contributed by atoms with Crippen LogP contribution >= 0.6 is 0 Å². The number of rotatable bonds is 5. The van der Waals surface area contributed by atoms with Gasteiger partial charge >= 0.3 is 5.97 Å². The number of carboxylic acids is 1. The molecule has 0 aliphatic carbocycles. The minimum atomic E-state index is -0.902. The maximum absolute atomic E-state index is 11.4. The highest BCUT2D eigenvalue weighted by atomic mass is 16.4.